The number of piperidine rings is 1. The third-order valence-corrected chi connectivity index (χ3v) is 3.35. The minimum atomic E-state index is 0.690. The molecular formula is C12H22N4. The summed E-state index contributed by atoms with van der Waals surface area (Å²) in [4.78, 5) is 2.50. The molecule has 2 N–H and O–H groups in total. The average Bonchev–Trinajstić information content (AvgIpc) is 2.77. The highest BCUT2D eigenvalue weighted by Crippen LogP contribution is 2.17. The SMILES string of the molecule is CCn1cc(CN2CCC[C@@H](CN)C2)cn1. The first-order valence-corrected chi connectivity index (χ1v) is 6.25. The summed E-state index contributed by atoms with van der Waals surface area (Å²) < 4.78 is 1.99. The lowest BCUT2D eigenvalue weighted by atomic mass is 9.98. The predicted octanol–water partition coefficient (Wildman–Crippen LogP) is 1.07. The van der Waals surface area contributed by atoms with Gasteiger partial charge in [0, 0.05) is 31.4 Å². The van der Waals surface area contributed by atoms with Crippen molar-refractivity contribution in [3.63, 3.8) is 0 Å². The van der Waals surface area contributed by atoms with Crippen LogP contribution in [0.3, 0.4) is 0 Å². The van der Waals surface area contributed by atoms with E-state index in [4.69, 9.17) is 5.73 Å². The molecule has 90 valence electrons. The summed E-state index contributed by atoms with van der Waals surface area (Å²) in [6, 6.07) is 0. The van der Waals surface area contributed by atoms with Crippen molar-refractivity contribution in [1.82, 2.24) is 14.7 Å². The molecule has 1 aliphatic heterocycles. The van der Waals surface area contributed by atoms with Gasteiger partial charge in [-0.25, -0.2) is 0 Å². The number of aromatic nitrogens is 2. The second-order valence-electron chi connectivity index (χ2n) is 4.68. The molecule has 1 saturated heterocycles. The summed E-state index contributed by atoms with van der Waals surface area (Å²) in [5.74, 6) is 0.690. The van der Waals surface area contributed by atoms with Crippen LogP contribution in [0.4, 0.5) is 0 Å². The van der Waals surface area contributed by atoms with Crippen LogP contribution in [-0.4, -0.2) is 34.3 Å². The third kappa shape index (κ3) is 2.83. The van der Waals surface area contributed by atoms with Crippen LogP contribution < -0.4 is 5.73 Å². The maximum Gasteiger partial charge on any atom is 0.0534 e. The summed E-state index contributed by atoms with van der Waals surface area (Å²) in [6.45, 7) is 7.26. The first-order valence-electron chi connectivity index (χ1n) is 6.25. The van der Waals surface area contributed by atoms with Crippen LogP contribution in [0.15, 0.2) is 12.4 Å². The van der Waals surface area contributed by atoms with Gasteiger partial charge in [-0.05, 0) is 38.8 Å². The maximum atomic E-state index is 5.74. The molecule has 1 aromatic rings. The number of likely N-dealkylation sites (tertiary alicyclic amines) is 1. The topological polar surface area (TPSA) is 47.1 Å². The van der Waals surface area contributed by atoms with Gasteiger partial charge in [0.2, 0.25) is 0 Å². The lowest BCUT2D eigenvalue weighted by Crippen LogP contribution is -2.37. The van der Waals surface area contributed by atoms with E-state index in [-0.39, 0.29) is 0 Å². The number of nitrogens with zero attached hydrogens (tertiary/aromatic N) is 3. The fourth-order valence-corrected chi connectivity index (χ4v) is 2.41. The summed E-state index contributed by atoms with van der Waals surface area (Å²) >= 11 is 0. The molecule has 1 atom stereocenters. The van der Waals surface area contributed by atoms with Gasteiger partial charge in [-0.15, -0.1) is 0 Å². The van der Waals surface area contributed by atoms with Gasteiger partial charge in [-0.1, -0.05) is 0 Å². The summed E-state index contributed by atoms with van der Waals surface area (Å²) in [5.41, 5.74) is 7.06. The van der Waals surface area contributed by atoms with Crippen LogP contribution in [0.5, 0.6) is 0 Å². The van der Waals surface area contributed by atoms with Gasteiger partial charge in [0.15, 0.2) is 0 Å². The Hall–Kier alpha value is -0.870. The van der Waals surface area contributed by atoms with Crippen LogP contribution in [0, 0.1) is 5.92 Å². The molecule has 0 spiro atoms. The largest absolute Gasteiger partial charge is 0.330 e. The molecule has 4 heteroatoms. The predicted molar refractivity (Wildman–Crippen MR) is 65.0 cm³/mol. The van der Waals surface area contributed by atoms with Gasteiger partial charge in [-0.2, -0.15) is 5.10 Å². The van der Waals surface area contributed by atoms with Gasteiger partial charge in [-0.3, -0.25) is 9.58 Å². The van der Waals surface area contributed by atoms with E-state index in [0.29, 0.717) is 5.92 Å². The van der Waals surface area contributed by atoms with Gasteiger partial charge in [0.25, 0.3) is 0 Å². The van der Waals surface area contributed by atoms with Crippen molar-refractivity contribution in [3.05, 3.63) is 18.0 Å². The molecule has 1 fully saturated rings. The number of aryl methyl sites for hydroxylation is 1. The summed E-state index contributed by atoms with van der Waals surface area (Å²) in [5, 5.41) is 4.30. The van der Waals surface area contributed by atoms with Crippen LogP contribution in [0.25, 0.3) is 0 Å². The molecule has 1 aliphatic rings. The molecule has 2 rings (SSSR count). The second kappa shape index (κ2) is 5.46. The highest BCUT2D eigenvalue weighted by atomic mass is 15.3. The van der Waals surface area contributed by atoms with Crippen LogP contribution >= 0.6 is 0 Å². The Morgan fingerprint density at radius 3 is 3.12 bits per heavy atom. The highest BCUT2D eigenvalue weighted by Gasteiger charge is 2.18. The van der Waals surface area contributed by atoms with Crippen molar-refractivity contribution in [2.75, 3.05) is 19.6 Å². The fraction of sp³-hybridized carbons (Fsp3) is 0.750. The molecule has 0 aromatic carbocycles. The number of rotatable bonds is 4. The lowest BCUT2D eigenvalue weighted by Gasteiger charge is -2.31. The van der Waals surface area contributed by atoms with E-state index < -0.39 is 0 Å². The molecule has 2 heterocycles. The van der Waals surface area contributed by atoms with E-state index >= 15 is 0 Å². The minimum Gasteiger partial charge on any atom is -0.330 e. The van der Waals surface area contributed by atoms with Crippen molar-refractivity contribution in [2.45, 2.75) is 32.9 Å². The Labute approximate surface area is 97.4 Å². The van der Waals surface area contributed by atoms with Crippen molar-refractivity contribution < 1.29 is 0 Å². The van der Waals surface area contributed by atoms with Crippen molar-refractivity contribution in [1.29, 1.82) is 0 Å². The van der Waals surface area contributed by atoms with E-state index in [9.17, 15) is 0 Å². The zero-order valence-electron chi connectivity index (χ0n) is 10.1. The third-order valence-electron chi connectivity index (χ3n) is 3.35. The molecule has 0 unspecified atom stereocenters. The Morgan fingerprint density at radius 2 is 2.44 bits per heavy atom. The molecule has 1 aromatic heterocycles. The van der Waals surface area contributed by atoms with Gasteiger partial charge < -0.3 is 5.73 Å². The molecule has 0 aliphatic carbocycles. The standard InChI is InChI=1S/C12H22N4/c1-2-16-10-12(7-14-16)9-15-5-3-4-11(6-13)8-15/h7,10-11H,2-6,8-9,13H2,1H3/t11-/m0/s1. The van der Waals surface area contributed by atoms with Gasteiger partial charge in [0.1, 0.15) is 0 Å². The first-order chi connectivity index (χ1) is 7.81. The summed E-state index contributed by atoms with van der Waals surface area (Å²) in [7, 11) is 0. The molecule has 0 bridgehead atoms. The van der Waals surface area contributed by atoms with Crippen LogP contribution in [0.2, 0.25) is 0 Å². The smallest absolute Gasteiger partial charge is 0.0534 e. The maximum absolute atomic E-state index is 5.74. The second-order valence-corrected chi connectivity index (χ2v) is 4.68. The van der Waals surface area contributed by atoms with Gasteiger partial charge >= 0.3 is 0 Å². The minimum absolute atomic E-state index is 0.690. The monoisotopic (exact) mass is 222 g/mol. The van der Waals surface area contributed by atoms with Gasteiger partial charge in [0.05, 0.1) is 6.20 Å². The quantitative estimate of drug-likeness (QED) is 0.829. The van der Waals surface area contributed by atoms with E-state index in [0.717, 1.165) is 26.2 Å². The Morgan fingerprint density at radius 1 is 1.56 bits per heavy atom. The molecule has 16 heavy (non-hydrogen) atoms. The zero-order chi connectivity index (χ0) is 11.4. The highest BCUT2D eigenvalue weighted by molar-refractivity contribution is 5.03. The van der Waals surface area contributed by atoms with Crippen molar-refractivity contribution >= 4 is 0 Å². The zero-order valence-corrected chi connectivity index (χ0v) is 10.1. The lowest BCUT2D eigenvalue weighted by molar-refractivity contribution is 0.171. The molecule has 4 nitrogen and oxygen atoms in total. The van der Waals surface area contributed by atoms with E-state index in [1.807, 2.05) is 10.9 Å². The Kier molecular flexibility index (Phi) is 3.96. The molecule has 0 radical (unpaired) electrons. The number of nitrogens with two attached hydrogens (primary N) is 1. The van der Waals surface area contributed by atoms with Crippen LogP contribution in [-0.2, 0) is 13.1 Å². The van der Waals surface area contributed by atoms with E-state index in [2.05, 4.69) is 23.1 Å². The number of hydrogen-bond donors (Lipinski definition) is 1. The molecule has 0 saturated carbocycles. The van der Waals surface area contributed by atoms with E-state index in [1.54, 1.807) is 0 Å². The Bertz CT molecular complexity index is 321. The van der Waals surface area contributed by atoms with E-state index in [1.165, 1.54) is 24.9 Å². The molecule has 0 amide bonds. The first kappa shape index (κ1) is 11.6. The van der Waals surface area contributed by atoms with Crippen molar-refractivity contribution in [2.24, 2.45) is 11.7 Å². The normalized spacial score (nSPS) is 22.5. The fourth-order valence-electron chi connectivity index (χ4n) is 2.41. The number of hydrogen-bond acceptors (Lipinski definition) is 3. The summed E-state index contributed by atoms with van der Waals surface area (Å²) in [6.07, 6.45) is 6.70. The molecular weight excluding hydrogens is 200 g/mol. The Balaban J connectivity index is 1.88. The van der Waals surface area contributed by atoms with Crippen molar-refractivity contribution in [3.8, 4) is 0 Å². The average molecular weight is 222 g/mol. The van der Waals surface area contributed by atoms with Crippen LogP contribution in [0.1, 0.15) is 25.3 Å².